The van der Waals surface area contributed by atoms with Gasteiger partial charge in [0.15, 0.2) is 0 Å². The minimum atomic E-state index is -0.471. The third-order valence-electron chi connectivity index (χ3n) is 3.17. The van der Waals surface area contributed by atoms with Crippen LogP contribution in [0, 0.1) is 10.1 Å². The van der Waals surface area contributed by atoms with E-state index in [4.69, 9.17) is 0 Å². The van der Waals surface area contributed by atoms with Crippen LogP contribution in [-0.2, 0) is 0 Å². The number of carbonyl (C=O) groups is 1. The van der Waals surface area contributed by atoms with Gasteiger partial charge in [-0.3, -0.25) is 19.9 Å². The van der Waals surface area contributed by atoms with E-state index in [0.29, 0.717) is 5.69 Å². The van der Waals surface area contributed by atoms with Gasteiger partial charge in [-0.05, 0) is 24.3 Å². The van der Waals surface area contributed by atoms with Crippen molar-refractivity contribution >= 4 is 23.1 Å². The molecule has 0 bridgehead atoms. The summed E-state index contributed by atoms with van der Waals surface area (Å²) in [6.07, 6.45) is 0. The molecule has 0 radical (unpaired) electrons. The Morgan fingerprint density at radius 1 is 0.905 bits per heavy atom. The van der Waals surface area contributed by atoms with Gasteiger partial charge in [0.25, 0.3) is 5.69 Å². The molecule has 0 aromatic heterocycles. The number of anilines is 2. The molecule has 0 unspecified atom stereocenters. The Balaban J connectivity index is 2.17. The number of hydrogen-bond acceptors (Lipinski definition) is 3. The molecule has 108 valence electrons. The standard InChI is InChI=1S/C15H15N3O3/c1-16(12-6-4-3-5-7-12)15(19)17(2)13-8-10-14(11-9-13)18(20)21/h3-11H,1-2H3. The van der Waals surface area contributed by atoms with Crippen molar-refractivity contribution < 1.29 is 9.72 Å². The van der Waals surface area contributed by atoms with Crippen LogP contribution in [0.5, 0.6) is 0 Å². The van der Waals surface area contributed by atoms with Crippen LogP contribution < -0.4 is 9.80 Å². The summed E-state index contributed by atoms with van der Waals surface area (Å²) in [6, 6.07) is 14.9. The van der Waals surface area contributed by atoms with Crippen molar-refractivity contribution in [3.8, 4) is 0 Å². The first-order valence-electron chi connectivity index (χ1n) is 6.31. The number of non-ortho nitro benzene ring substituents is 1. The summed E-state index contributed by atoms with van der Waals surface area (Å²) in [5, 5.41) is 10.6. The molecule has 2 rings (SSSR count). The average Bonchev–Trinajstić information content (AvgIpc) is 2.53. The minimum absolute atomic E-state index is 0.00369. The summed E-state index contributed by atoms with van der Waals surface area (Å²) in [4.78, 5) is 25.5. The van der Waals surface area contributed by atoms with E-state index in [2.05, 4.69) is 0 Å². The number of carbonyl (C=O) groups excluding carboxylic acids is 1. The Labute approximate surface area is 122 Å². The summed E-state index contributed by atoms with van der Waals surface area (Å²) in [7, 11) is 3.31. The first-order chi connectivity index (χ1) is 10.0. The Morgan fingerprint density at radius 2 is 1.38 bits per heavy atom. The monoisotopic (exact) mass is 285 g/mol. The Hall–Kier alpha value is -2.89. The molecule has 0 saturated carbocycles. The molecular formula is C15H15N3O3. The zero-order valence-electron chi connectivity index (χ0n) is 11.8. The molecule has 2 amide bonds. The molecule has 0 saturated heterocycles. The van der Waals surface area contributed by atoms with Crippen LogP contribution in [0.1, 0.15) is 0 Å². The second-order valence-electron chi connectivity index (χ2n) is 4.51. The quantitative estimate of drug-likeness (QED) is 0.642. The average molecular weight is 285 g/mol. The molecule has 0 aliphatic carbocycles. The number of benzene rings is 2. The molecule has 0 spiro atoms. The van der Waals surface area contributed by atoms with E-state index in [9.17, 15) is 14.9 Å². The molecule has 0 aliphatic heterocycles. The molecule has 21 heavy (non-hydrogen) atoms. The first kappa shape index (κ1) is 14.5. The molecular weight excluding hydrogens is 270 g/mol. The van der Waals surface area contributed by atoms with Crippen LogP contribution in [-0.4, -0.2) is 25.0 Å². The predicted molar refractivity (Wildman–Crippen MR) is 81.7 cm³/mol. The van der Waals surface area contributed by atoms with Crippen LogP contribution in [0.3, 0.4) is 0 Å². The van der Waals surface area contributed by atoms with Crippen LogP contribution >= 0.6 is 0 Å². The van der Waals surface area contributed by atoms with Crippen molar-refractivity contribution in [3.63, 3.8) is 0 Å². The van der Waals surface area contributed by atoms with Gasteiger partial charge in [-0.1, -0.05) is 18.2 Å². The summed E-state index contributed by atoms with van der Waals surface area (Å²) >= 11 is 0. The molecule has 2 aromatic rings. The zero-order chi connectivity index (χ0) is 15.4. The highest BCUT2D eigenvalue weighted by Gasteiger charge is 2.17. The molecule has 0 N–H and O–H groups in total. The second kappa shape index (κ2) is 6.04. The molecule has 6 heteroatoms. The molecule has 0 atom stereocenters. The largest absolute Gasteiger partial charge is 0.328 e. The Morgan fingerprint density at radius 3 is 1.86 bits per heavy atom. The van der Waals surface area contributed by atoms with E-state index in [1.54, 1.807) is 26.2 Å². The van der Waals surface area contributed by atoms with Crippen LogP contribution in [0.4, 0.5) is 21.9 Å². The van der Waals surface area contributed by atoms with E-state index < -0.39 is 4.92 Å². The number of urea groups is 1. The number of hydrogen-bond donors (Lipinski definition) is 0. The van der Waals surface area contributed by atoms with Crippen LogP contribution in [0.15, 0.2) is 54.6 Å². The van der Waals surface area contributed by atoms with Gasteiger partial charge in [0.05, 0.1) is 4.92 Å². The third-order valence-corrected chi connectivity index (χ3v) is 3.17. The predicted octanol–water partition coefficient (Wildman–Crippen LogP) is 3.29. The molecule has 6 nitrogen and oxygen atoms in total. The van der Waals surface area contributed by atoms with Gasteiger partial charge in [0.2, 0.25) is 0 Å². The van der Waals surface area contributed by atoms with E-state index in [1.807, 2.05) is 30.3 Å². The van der Waals surface area contributed by atoms with E-state index in [-0.39, 0.29) is 11.7 Å². The first-order valence-corrected chi connectivity index (χ1v) is 6.31. The minimum Gasteiger partial charge on any atom is -0.297 e. The SMILES string of the molecule is CN(C(=O)N(C)c1ccc([N+](=O)[O-])cc1)c1ccccc1. The lowest BCUT2D eigenvalue weighted by atomic mass is 10.2. The van der Waals surface area contributed by atoms with E-state index >= 15 is 0 Å². The summed E-state index contributed by atoms with van der Waals surface area (Å²) in [5.74, 6) is 0. The van der Waals surface area contributed by atoms with Gasteiger partial charge in [-0.25, -0.2) is 4.79 Å². The summed E-state index contributed by atoms with van der Waals surface area (Å²) in [5.41, 5.74) is 1.36. The normalized spacial score (nSPS) is 10.0. The lowest BCUT2D eigenvalue weighted by Crippen LogP contribution is -2.38. The van der Waals surface area contributed by atoms with Crippen molar-refractivity contribution in [3.05, 3.63) is 64.7 Å². The van der Waals surface area contributed by atoms with E-state index in [1.165, 1.54) is 21.9 Å². The number of rotatable bonds is 3. The van der Waals surface area contributed by atoms with Crippen molar-refractivity contribution in [2.24, 2.45) is 0 Å². The lowest BCUT2D eigenvalue weighted by Gasteiger charge is -2.25. The molecule has 0 aliphatic rings. The highest BCUT2D eigenvalue weighted by Crippen LogP contribution is 2.21. The summed E-state index contributed by atoms with van der Waals surface area (Å²) in [6.45, 7) is 0. The van der Waals surface area contributed by atoms with Crippen molar-refractivity contribution in [1.82, 2.24) is 0 Å². The van der Waals surface area contributed by atoms with Gasteiger partial charge in [-0.2, -0.15) is 0 Å². The van der Waals surface area contributed by atoms with Gasteiger partial charge in [0.1, 0.15) is 0 Å². The van der Waals surface area contributed by atoms with Crippen LogP contribution in [0.2, 0.25) is 0 Å². The maximum absolute atomic E-state index is 12.4. The van der Waals surface area contributed by atoms with Crippen molar-refractivity contribution in [2.45, 2.75) is 0 Å². The fourth-order valence-electron chi connectivity index (χ4n) is 1.90. The van der Waals surface area contributed by atoms with Gasteiger partial charge < -0.3 is 0 Å². The van der Waals surface area contributed by atoms with Crippen molar-refractivity contribution in [1.29, 1.82) is 0 Å². The maximum Gasteiger partial charge on any atom is 0.328 e. The molecule has 0 heterocycles. The number of nitro groups is 1. The van der Waals surface area contributed by atoms with E-state index in [0.717, 1.165) is 5.69 Å². The Kier molecular flexibility index (Phi) is 4.18. The smallest absolute Gasteiger partial charge is 0.297 e. The number of nitrogens with zero attached hydrogens (tertiary/aromatic N) is 3. The molecule has 0 fully saturated rings. The highest BCUT2D eigenvalue weighted by molar-refractivity contribution is 6.02. The number of amides is 2. The topological polar surface area (TPSA) is 66.7 Å². The zero-order valence-corrected chi connectivity index (χ0v) is 11.8. The Bertz CT molecular complexity index is 641. The maximum atomic E-state index is 12.4. The third kappa shape index (κ3) is 3.17. The second-order valence-corrected chi connectivity index (χ2v) is 4.51. The highest BCUT2D eigenvalue weighted by atomic mass is 16.6. The molecule has 2 aromatic carbocycles. The van der Waals surface area contributed by atoms with Gasteiger partial charge >= 0.3 is 6.03 Å². The summed E-state index contributed by atoms with van der Waals surface area (Å²) < 4.78 is 0. The van der Waals surface area contributed by atoms with Crippen LogP contribution in [0.25, 0.3) is 0 Å². The fourth-order valence-corrected chi connectivity index (χ4v) is 1.90. The number of nitro benzene ring substituents is 1. The van der Waals surface area contributed by atoms with Gasteiger partial charge in [-0.15, -0.1) is 0 Å². The number of para-hydroxylation sites is 1. The van der Waals surface area contributed by atoms with Gasteiger partial charge in [0, 0.05) is 37.6 Å². The fraction of sp³-hybridized carbons (Fsp3) is 0.133. The lowest BCUT2D eigenvalue weighted by molar-refractivity contribution is -0.384. The van der Waals surface area contributed by atoms with Crippen molar-refractivity contribution in [2.75, 3.05) is 23.9 Å².